The molecule has 1 nitrogen and oxygen atoms in total. The average Bonchev–Trinajstić information content (AvgIpc) is 2.96. The van der Waals surface area contributed by atoms with Gasteiger partial charge in [0.1, 0.15) is 0 Å². The molecule has 0 saturated carbocycles. The zero-order chi connectivity index (χ0) is 14.0. The number of aryl methyl sites for hydroxylation is 2. The number of hydrogen-bond acceptors (Lipinski definition) is 3. The fourth-order valence-electron chi connectivity index (χ4n) is 2.35. The van der Waals surface area contributed by atoms with Crippen molar-refractivity contribution in [2.75, 3.05) is 6.54 Å². The van der Waals surface area contributed by atoms with Gasteiger partial charge in [-0.15, -0.1) is 22.7 Å². The first-order valence-corrected chi connectivity index (χ1v) is 8.44. The molecule has 0 aromatic carbocycles. The van der Waals surface area contributed by atoms with E-state index in [9.17, 15) is 0 Å². The van der Waals surface area contributed by atoms with Crippen LogP contribution in [0, 0.1) is 13.8 Å². The van der Waals surface area contributed by atoms with E-state index in [2.05, 4.69) is 63.5 Å². The van der Waals surface area contributed by atoms with E-state index in [0.29, 0.717) is 6.04 Å². The Hall–Kier alpha value is -0.640. The molecule has 0 saturated heterocycles. The summed E-state index contributed by atoms with van der Waals surface area (Å²) in [6.07, 6.45) is 0. The Balaban J connectivity index is 2.01. The first kappa shape index (κ1) is 14.8. The lowest BCUT2D eigenvalue weighted by Crippen LogP contribution is -2.33. The lowest BCUT2D eigenvalue weighted by Gasteiger charge is -2.26. The molecular formula is C16H23NS2. The first-order valence-electron chi connectivity index (χ1n) is 6.74. The standard InChI is InChI=1S/C16H23NS2/c1-11-9-14(13(3)19-11)12(2)17-10-16(4,5)15-7-6-8-18-15/h6-9,12,17H,10H2,1-5H3. The summed E-state index contributed by atoms with van der Waals surface area (Å²) in [6.45, 7) is 12.3. The van der Waals surface area contributed by atoms with E-state index in [1.165, 1.54) is 20.2 Å². The molecule has 1 unspecified atom stereocenters. The van der Waals surface area contributed by atoms with Gasteiger partial charge >= 0.3 is 0 Å². The Morgan fingerprint density at radius 1 is 1.32 bits per heavy atom. The quantitative estimate of drug-likeness (QED) is 0.813. The molecule has 3 heteroatoms. The van der Waals surface area contributed by atoms with Crippen LogP contribution in [0.25, 0.3) is 0 Å². The Labute approximate surface area is 124 Å². The summed E-state index contributed by atoms with van der Waals surface area (Å²) in [5.74, 6) is 0. The second-order valence-electron chi connectivity index (χ2n) is 5.83. The molecule has 1 atom stereocenters. The Kier molecular flexibility index (Phi) is 4.49. The van der Waals surface area contributed by atoms with Gasteiger partial charge in [0.2, 0.25) is 0 Å². The predicted molar refractivity (Wildman–Crippen MR) is 87.6 cm³/mol. The van der Waals surface area contributed by atoms with Gasteiger partial charge in [-0.1, -0.05) is 19.9 Å². The van der Waals surface area contributed by atoms with Crippen LogP contribution in [-0.2, 0) is 5.41 Å². The maximum atomic E-state index is 3.69. The smallest absolute Gasteiger partial charge is 0.0303 e. The van der Waals surface area contributed by atoms with Crippen LogP contribution in [0.2, 0.25) is 0 Å². The highest BCUT2D eigenvalue weighted by Gasteiger charge is 2.22. The highest BCUT2D eigenvalue weighted by atomic mass is 32.1. The van der Waals surface area contributed by atoms with Crippen molar-refractivity contribution in [2.24, 2.45) is 0 Å². The summed E-state index contributed by atoms with van der Waals surface area (Å²) in [6, 6.07) is 7.11. The number of rotatable bonds is 5. The minimum Gasteiger partial charge on any atom is -0.309 e. The molecule has 0 fully saturated rings. The zero-order valence-electron chi connectivity index (χ0n) is 12.4. The third-order valence-electron chi connectivity index (χ3n) is 3.58. The van der Waals surface area contributed by atoms with E-state index in [-0.39, 0.29) is 5.41 Å². The SMILES string of the molecule is Cc1cc(C(C)NCC(C)(C)c2cccs2)c(C)s1. The Morgan fingerprint density at radius 3 is 2.58 bits per heavy atom. The molecule has 0 spiro atoms. The van der Waals surface area contributed by atoms with Crippen molar-refractivity contribution >= 4 is 22.7 Å². The van der Waals surface area contributed by atoms with E-state index in [1.54, 1.807) is 0 Å². The van der Waals surface area contributed by atoms with E-state index < -0.39 is 0 Å². The van der Waals surface area contributed by atoms with E-state index in [4.69, 9.17) is 0 Å². The van der Waals surface area contributed by atoms with Gasteiger partial charge < -0.3 is 5.32 Å². The monoisotopic (exact) mass is 293 g/mol. The Bertz CT molecular complexity index is 523. The lowest BCUT2D eigenvalue weighted by molar-refractivity contribution is 0.441. The van der Waals surface area contributed by atoms with Gasteiger partial charge in [0.15, 0.2) is 0 Å². The average molecular weight is 294 g/mol. The minimum absolute atomic E-state index is 0.196. The van der Waals surface area contributed by atoms with Gasteiger partial charge in [0.05, 0.1) is 0 Å². The molecule has 0 aliphatic carbocycles. The fourth-order valence-corrected chi connectivity index (χ4v) is 4.22. The van der Waals surface area contributed by atoms with Crippen LogP contribution in [0.15, 0.2) is 23.6 Å². The molecule has 104 valence electrons. The van der Waals surface area contributed by atoms with Gasteiger partial charge in [-0.2, -0.15) is 0 Å². The molecule has 2 heterocycles. The highest BCUT2D eigenvalue weighted by molar-refractivity contribution is 7.12. The topological polar surface area (TPSA) is 12.0 Å². The lowest BCUT2D eigenvalue weighted by atomic mass is 9.91. The maximum absolute atomic E-state index is 3.69. The molecule has 2 aromatic rings. The van der Waals surface area contributed by atoms with Crippen LogP contribution in [0.3, 0.4) is 0 Å². The largest absolute Gasteiger partial charge is 0.309 e. The van der Waals surface area contributed by atoms with Gasteiger partial charge in [0.25, 0.3) is 0 Å². The van der Waals surface area contributed by atoms with Gasteiger partial charge in [-0.25, -0.2) is 0 Å². The van der Waals surface area contributed by atoms with E-state index in [0.717, 1.165) is 6.54 Å². The summed E-state index contributed by atoms with van der Waals surface area (Å²) in [4.78, 5) is 4.29. The molecule has 2 aromatic heterocycles. The molecule has 0 radical (unpaired) electrons. The van der Waals surface area contributed by atoms with Crippen molar-refractivity contribution in [2.45, 2.75) is 46.1 Å². The van der Waals surface area contributed by atoms with Crippen LogP contribution in [0.4, 0.5) is 0 Å². The van der Waals surface area contributed by atoms with E-state index >= 15 is 0 Å². The number of nitrogens with one attached hydrogen (secondary N) is 1. The second kappa shape index (κ2) is 5.78. The maximum Gasteiger partial charge on any atom is 0.0303 e. The van der Waals surface area contributed by atoms with Crippen LogP contribution in [0.1, 0.15) is 47.0 Å². The van der Waals surface area contributed by atoms with Gasteiger partial charge in [-0.3, -0.25) is 0 Å². The molecule has 0 aliphatic rings. The summed E-state index contributed by atoms with van der Waals surface area (Å²) in [7, 11) is 0. The molecular weight excluding hydrogens is 270 g/mol. The fraction of sp³-hybridized carbons (Fsp3) is 0.500. The Morgan fingerprint density at radius 2 is 2.05 bits per heavy atom. The van der Waals surface area contributed by atoms with Crippen LogP contribution in [-0.4, -0.2) is 6.54 Å². The number of thiophene rings is 2. The zero-order valence-corrected chi connectivity index (χ0v) is 14.0. The van der Waals surface area contributed by atoms with Gasteiger partial charge in [0, 0.05) is 32.6 Å². The van der Waals surface area contributed by atoms with Crippen molar-refractivity contribution in [1.82, 2.24) is 5.32 Å². The number of hydrogen-bond donors (Lipinski definition) is 1. The molecule has 0 aliphatic heterocycles. The first-order chi connectivity index (χ1) is 8.90. The summed E-state index contributed by atoms with van der Waals surface area (Å²) in [5, 5.41) is 5.85. The summed E-state index contributed by atoms with van der Waals surface area (Å²) in [5.41, 5.74) is 1.64. The second-order valence-corrected chi connectivity index (χ2v) is 8.24. The van der Waals surface area contributed by atoms with Gasteiger partial charge in [-0.05, 0) is 43.8 Å². The molecule has 19 heavy (non-hydrogen) atoms. The normalized spacial score (nSPS) is 13.7. The minimum atomic E-state index is 0.196. The van der Waals surface area contributed by atoms with Crippen molar-refractivity contribution in [3.05, 3.63) is 43.8 Å². The summed E-state index contributed by atoms with van der Waals surface area (Å²) < 4.78 is 0. The summed E-state index contributed by atoms with van der Waals surface area (Å²) >= 11 is 3.74. The molecule has 1 N–H and O–H groups in total. The van der Waals surface area contributed by atoms with E-state index in [1.807, 2.05) is 22.7 Å². The highest BCUT2D eigenvalue weighted by Crippen LogP contribution is 2.29. The van der Waals surface area contributed by atoms with Crippen molar-refractivity contribution < 1.29 is 0 Å². The van der Waals surface area contributed by atoms with Crippen molar-refractivity contribution in [3.8, 4) is 0 Å². The van der Waals surface area contributed by atoms with Crippen LogP contribution < -0.4 is 5.32 Å². The van der Waals surface area contributed by atoms with Crippen molar-refractivity contribution in [1.29, 1.82) is 0 Å². The van der Waals surface area contributed by atoms with Crippen molar-refractivity contribution in [3.63, 3.8) is 0 Å². The molecule has 0 bridgehead atoms. The molecule has 0 amide bonds. The third-order valence-corrected chi connectivity index (χ3v) is 5.80. The third kappa shape index (κ3) is 3.47. The van der Waals surface area contributed by atoms with Crippen LogP contribution >= 0.6 is 22.7 Å². The molecule has 2 rings (SSSR count). The van der Waals surface area contributed by atoms with Crippen LogP contribution in [0.5, 0.6) is 0 Å². The predicted octanol–water partition coefficient (Wildman–Crippen LogP) is 5.05.